The summed E-state index contributed by atoms with van der Waals surface area (Å²) in [5, 5.41) is 0.0882. The highest BCUT2D eigenvalue weighted by Crippen LogP contribution is 2.34. The molecule has 1 aromatic rings. The van der Waals surface area contributed by atoms with Crippen LogP contribution >= 0.6 is 11.6 Å². The molecule has 5 nitrogen and oxygen atoms in total. The number of nitrogens with one attached hydrogen (secondary N) is 2. The molecule has 0 aliphatic heterocycles. The van der Waals surface area contributed by atoms with Crippen molar-refractivity contribution in [2.75, 3.05) is 5.88 Å². The van der Waals surface area contributed by atoms with E-state index in [1.807, 2.05) is 0 Å². The van der Waals surface area contributed by atoms with Gasteiger partial charge in [-0.2, -0.15) is 0 Å². The lowest BCUT2D eigenvalue weighted by atomic mass is 9.78. The van der Waals surface area contributed by atoms with E-state index in [4.69, 9.17) is 11.6 Å². The van der Waals surface area contributed by atoms with Crippen molar-refractivity contribution in [3.05, 3.63) is 12.5 Å². The van der Waals surface area contributed by atoms with Crippen LogP contribution in [-0.4, -0.2) is 29.8 Å². The topological polar surface area (TPSA) is 74.8 Å². The highest BCUT2D eigenvalue weighted by atomic mass is 35.5. The highest BCUT2D eigenvalue weighted by molar-refractivity contribution is 7.89. The van der Waals surface area contributed by atoms with Gasteiger partial charge in [0.05, 0.1) is 12.5 Å². The molecular formula is C11H18ClN3O2S. The van der Waals surface area contributed by atoms with E-state index in [-0.39, 0.29) is 5.03 Å². The molecule has 0 aromatic carbocycles. The van der Waals surface area contributed by atoms with Crippen molar-refractivity contribution in [3.8, 4) is 0 Å². The summed E-state index contributed by atoms with van der Waals surface area (Å²) >= 11 is 6.02. The predicted molar refractivity (Wildman–Crippen MR) is 70.0 cm³/mol. The zero-order valence-corrected chi connectivity index (χ0v) is 11.9. The Balaban J connectivity index is 2.20. The summed E-state index contributed by atoms with van der Waals surface area (Å²) < 4.78 is 27.1. The van der Waals surface area contributed by atoms with Crippen LogP contribution in [0.3, 0.4) is 0 Å². The highest BCUT2D eigenvalue weighted by Gasteiger charge is 2.38. The first-order valence-corrected chi connectivity index (χ1v) is 8.07. The lowest BCUT2D eigenvalue weighted by Crippen LogP contribution is -2.52. The molecule has 2 unspecified atom stereocenters. The summed E-state index contributed by atoms with van der Waals surface area (Å²) in [7, 11) is -3.56. The molecule has 0 amide bonds. The van der Waals surface area contributed by atoms with E-state index >= 15 is 0 Å². The summed E-state index contributed by atoms with van der Waals surface area (Å²) in [5.41, 5.74) is -0.525. The minimum Gasteiger partial charge on any atom is -0.335 e. The molecule has 1 aromatic heterocycles. The van der Waals surface area contributed by atoms with Gasteiger partial charge in [0.1, 0.15) is 0 Å². The van der Waals surface area contributed by atoms with Crippen molar-refractivity contribution in [3.63, 3.8) is 0 Å². The van der Waals surface area contributed by atoms with Crippen LogP contribution in [0.2, 0.25) is 0 Å². The van der Waals surface area contributed by atoms with Crippen LogP contribution in [0.1, 0.15) is 32.6 Å². The van der Waals surface area contributed by atoms with Gasteiger partial charge >= 0.3 is 0 Å². The van der Waals surface area contributed by atoms with E-state index in [2.05, 4.69) is 21.6 Å². The lowest BCUT2D eigenvalue weighted by Gasteiger charge is -2.38. The number of aromatic nitrogens is 2. The standard InChI is InChI=1S/C11H18ClN3O2S/c1-9-3-2-4-11(5-9,7-12)15-18(16,17)10-6-13-8-14-10/h6,8-9,15H,2-5,7H2,1H3,(H,13,14). The Hall–Kier alpha value is -0.590. The zero-order chi connectivity index (χ0) is 13.2. The number of alkyl halides is 1. The van der Waals surface area contributed by atoms with E-state index in [9.17, 15) is 8.42 Å². The quantitative estimate of drug-likeness (QED) is 0.832. The molecule has 0 saturated heterocycles. The number of hydrogen-bond acceptors (Lipinski definition) is 3. The van der Waals surface area contributed by atoms with E-state index < -0.39 is 15.6 Å². The maximum Gasteiger partial charge on any atom is 0.258 e. The third-order valence-corrected chi connectivity index (χ3v) is 5.48. The number of aromatic amines is 1. The van der Waals surface area contributed by atoms with Gasteiger partial charge in [-0.05, 0) is 18.8 Å². The molecule has 2 N–H and O–H groups in total. The van der Waals surface area contributed by atoms with Crippen LogP contribution in [0.5, 0.6) is 0 Å². The van der Waals surface area contributed by atoms with Crippen molar-refractivity contribution in [2.45, 2.75) is 43.2 Å². The second-order valence-electron chi connectivity index (χ2n) is 5.14. The molecular weight excluding hydrogens is 274 g/mol. The molecule has 0 spiro atoms. The molecule has 1 heterocycles. The van der Waals surface area contributed by atoms with Crippen LogP contribution in [0, 0.1) is 5.92 Å². The summed E-state index contributed by atoms with van der Waals surface area (Å²) in [6, 6.07) is 0. The Labute approximate surface area is 112 Å². The van der Waals surface area contributed by atoms with Gasteiger partial charge < -0.3 is 4.98 Å². The monoisotopic (exact) mass is 291 g/mol. The number of hydrogen-bond donors (Lipinski definition) is 2. The Morgan fingerprint density at radius 2 is 2.44 bits per heavy atom. The molecule has 0 radical (unpaired) electrons. The summed E-state index contributed by atoms with van der Waals surface area (Å²) in [6.07, 6.45) is 6.35. The maximum atomic E-state index is 12.2. The first-order chi connectivity index (χ1) is 8.47. The van der Waals surface area contributed by atoms with Crippen LogP contribution in [0.4, 0.5) is 0 Å². The third-order valence-electron chi connectivity index (χ3n) is 3.46. The number of H-pyrrole nitrogens is 1. The Kier molecular flexibility index (Phi) is 3.99. The average molecular weight is 292 g/mol. The van der Waals surface area contributed by atoms with E-state index in [1.54, 1.807) is 0 Å². The van der Waals surface area contributed by atoms with Gasteiger partial charge in [-0.25, -0.2) is 18.1 Å². The van der Waals surface area contributed by atoms with Crippen molar-refractivity contribution in [2.24, 2.45) is 5.92 Å². The van der Waals surface area contributed by atoms with Gasteiger partial charge in [0.2, 0.25) is 0 Å². The largest absolute Gasteiger partial charge is 0.335 e. The number of sulfonamides is 1. The van der Waals surface area contributed by atoms with Gasteiger partial charge in [0, 0.05) is 11.4 Å². The normalized spacial score (nSPS) is 29.3. The zero-order valence-electron chi connectivity index (χ0n) is 10.3. The molecule has 1 fully saturated rings. The second-order valence-corrected chi connectivity index (χ2v) is 7.05. The molecule has 18 heavy (non-hydrogen) atoms. The lowest BCUT2D eigenvalue weighted by molar-refractivity contribution is 0.239. The van der Waals surface area contributed by atoms with E-state index in [0.717, 1.165) is 25.7 Å². The second kappa shape index (κ2) is 5.19. The number of rotatable bonds is 4. The minimum atomic E-state index is -3.56. The fourth-order valence-electron chi connectivity index (χ4n) is 2.63. The smallest absolute Gasteiger partial charge is 0.258 e. The summed E-state index contributed by atoms with van der Waals surface area (Å²) in [5.74, 6) is 0.784. The number of imidazole rings is 1. The van der Waals surface area contributed by atoms with E-state index in [1.165, 1.54) is 12.5 Å². The van der Waals surface area contributed by atoms with Crippen LogP contribution in [0.25, 0.3) is 0 Å². The molecule has 1 aliphatic rings. The van der Waals surface area contributed by atoms with Crippen LogP contribution in [0.15, 0.2) is 17.6 Å². The first-order valence-electron chi connectivity index (χ1n) is 6.06. The minimum absolute atomic E-state index is 0.0882. The van der Waals surface area contributed by atoms with Crippen molar-refractivity contribution < 1.29 is 8.42 Å². The third kappa shape index (κ3) is 2.87. The van der Waals surface area contributed by atoms with Gasteiger partial charge in [-0.1, -0.05) is 19.8 Å². The van der Waals surface area contributed by atoms with Crippen LogP contribution < -0.4 is 4.72 Å². The average Bonchev–Trinajstić information content (AvgIpc) is 2.82. The number of nitrogens with zero attached hydrogens (tertiary/aromatic N) is 1. The van der Waals surface area contributed by atoms with Crippen molar-refractivity contribution >= 4 is 21.6 Å². The molecule has 2 atom stereocenters. The van der Waals surface area contributed by atoms with Crippen LogP contribution in [-0.2, 0) is 10.0 Å². The van der Waals surface area contributed by atoms with Gasteiger partial charge in [-0.15, -0.1) is 11.6 Å². The number of halogens is 1. The van der Waals surface area contributed by atoms with Gasteiger partial charge in [0.25, 0.3) is 10.0 Å². The first kappa shape index (κ1) is 13.8. The molecule has 2 rings (SSSR count). The molecule has 1 aliphatic carbocycles. The SMILES string of the molecule is CC1CCCC(CCl)(NS(=O)(=O)c2cnc[nH]2)C1. The molecule has 0 bridgehead atoms. The Bertz CT molecular complexity index is 488. The van der Waals surface area contributed by atoms with Crippen molar-refractivity contribution in [1.29, 1.82) is 0 Å². The van der Waals surface area contributed by atoms with Gasteiger partial charge in [-0.3, -0.25) is 0 Å². The maximum absolute atomic E-state index is 12.2. The summed E-state index contributed by atoms with van der Waals surface area (Å²) in [4.78, 5) is 6.35. The predicted octanol–water partition coefficient (Wildman–Crippen LogP) is 1.88. The Morgan fingerprint density at radius 3 is 3.00 bits per heavy atom. The van der Waals surface area contributed by atoms with Gasteiger partial charge in [0.15, 0.2) is 5.03 Å². The molecule has 102 valence electrons. The molecule has 7 heteroatoms. The fraction of sp³-hybridized carbons (Fsp3) is 0.727. The van der Waals surface area contributed by atoms with E-state index in [0.29, 0.717) is 11.8 Å². The fourth-order valence-corrected chi connectivity index (χ4v) is 4.37. The Morgan fingerprint density at radius 1 is 1.67 bits per heavy atom. The van der Waals surface area contributed by atoms with Crippen molar-refractivity contribution in [1.82, 2.24) is 14.7 Å². The summed E-state index contributed by atoms with van der Waals surface area (Å²) in [6.45, 7) is 2.13. The molecule has 1 saturated carbocycles.